The van der Waals surface area contributed by atoms with Crippen LogP contribution in [0.5, 0.6) is 5.75 Å². The van der Waals surface area contributed by atoms with Crippen LogP contribution in [0.2, 0.25) is 0 Å². The van der Waals surface area contributed by atoms with Gasteiger partial charge in [0, 0.05) is 13.2 Å². The Hall–Kier alpha value is -2.70. The van der Waals surface area contributed by atoms with Crippen molar-refractivity contribution in [3.05, 3.63) is 22.1 Å². The Bertz CT molecular complexity index is 968. The van der Waals surface area contributed by atoms with Gasteiger partial charge in [-0.2, -0.15) is 4.33 Å². The number of rotatable bonds is 6. The molecule has 0 bridgehead atoms. The van der Waals surface area contributed by atoms with Gasteiger partial charge in [0.05, 0.1) is 12.5 Å². The molecule has 0 aromatic carbocycles. The molecular formula is C16H20N4O7S. The van der Waals surface area contributed by atoms with Gasteiger partial charge in [-0.1, -0.05) is 0 Å². The Labute approximate surface area is 164 Å². The maximum atomic E-state index is 12.5. The number of carbonyl (C=O) groups is 2. The summed E-state index contributed by atoms with van der Waals surface area (Å²) in [6, 6.07) is 0. The number of carbonyl (C=O) groups excluding carboxylic acids is 2. The van der Waals surface area contributed by atoms with Crippen LogP contribution in [-0.2, 0) is 25.8 Å². The van der Waals surface area contributed by atoms with Crippen LogP contribution < -0.4 is 10.9 Å². The minimum Gasteiger partial charge on any atom is -0.506 e. The molecule has 0 atom stereocenters. The van der Waals surface area contributed by atoms with Crippen molar-refractivity contribution in [3.63, 3.8) is 0 Å². The molecule has 2 rings (SSSR count). The third kappa shape index (κ3) is 4.97. The van der Waals surface area contributed by atoms with Crippen molar-refractivity contribution in [2.75, 3.05) is 13.7 Å². The highest BCUT2D eigenvalue weighted by Gasteiger charge is 2.24. The number of nitrogens with one attached hydrogen (secondary N) is 1. The van der Waals surface area contributed by atoms with Crippen LogP contribution >= 0.6 is 12.0 Å². The first-order valence-corrected chi connectivity index (χ1v) is 8.75. The van der Waals surface area contributed by atoms with Gasteiger partial charge >= 0.3 is 5.97 Å². The predicted octanol–water partition coefficient (Wildman–Crippen LogP) is 0.691. The molecule has 0 unspecified atom stereocenters. The first-order chi connectivity index (χ1) is 13.0. The average molecular weight is 412 g/mol. The molecule has 2 N–H and O–H groups in total. The number of ether oxygens (including phenoxy) is 1. The van der Waals surface area contributed by atoms with Gasteiger partial charge < -0.3 is 15.2 Å². The van der Waals surface area contributed by atoms with Crippen molar-refractivity contribution < 1.29 is 28.7 Å². The van der Waals surface area contributed by atoms with Crippen molar-refractivity contribution in [1.29, 1.82) is 0 Å². The SMILES string of the molecule is COOSc1ncc2c(O)c(C(=O)NCC(=O)OC(C)(C)C)c(=O)n(C)c2n1. The maximum Gasteiger partial charge on any atom is 0.325 e. The lowest BCUT2D eigenvalue weighted by atomic mass is 10.1. The molecule has 0 radical (unpaired) electrons. The number of aromatic nitrogens is 3. The van der Waals surface area contributed by atoms with E-state index in [0.29, 0.717) is 12.0 Å². The highest BCUT2D eigenvalue weighted by atomic mass is 32.2. The zero-order chi connectivity index (χ0) is 21.1. The molecule has 0 fully saturated rings. The highest BCUT2D eigenvalue weighted by Crippen LogP contribution is 2.26. The van der Waals surface area contributed by atoms with Gasteiger partial charge in [-0.05, 0) is 20.8 Å². The summed E-state index contributed by atoms with van der Waals surface area (Å²) in [6.07, 6.45) is 1.24. The van der Waals surface area contributed by atoms with E-state index in [1.165, 1.54) is 20.4 Å². The largest absolute Gasteiger partial charge is 0.506 e. The second kappa shape index (κ2) is 8.54. The number of esters is 1. The van der Waals surface area contributed by atoms with Crippen LogP contribution in [0.25, 0.3) is 11.0 Å². The number of hydrogen-bond acceptors (Lipinski definition) is 10. The first kappa shape index (κ1) is 21.6. The van der Waals surface area contributed by atoms with Crippen molar-refractivity contribution in [2.45, 2.75) is 31.5 Å². The van der Waals surface area contributed by atoms with Gasteiger partial charge in [0.15, 0.2) is 5.65 Å². The molecule has 0 aliphatic rings. The molecular weight excluding hydrogens is 392 g/mol. The Morgan fingerprint density at radius 3 is 2.64 bits per heavy atom. The van der Waals surface area contributed by atoms with Gasteiger partial charge in [-0.3, -0.25) is 19.0 Å². The Morgan fingerprint density at radius 2 is 2.04 bits per heavy atom. The molecule has 0 aliphatic heterocycles. The lowest BCUT2D eigenvalue weighted by Gasteiger charge is -2.19. The van der Waals surface area contributed by atoms with E-state index in [2.05, 4.69) is 24.5 Å². The maximum absolute atomic E-state index is 12.5. The summed E-state index contributed by atoms with van der Waals surface area (Å²) < 4.78 is 10.8. The zero-order valence-corrected chi connectivity index (χ0v) is 16.7. The summed E-state index contributed by atoms with van der Waals surface area (Å²) in [5.74, 6) is -2.20. The summed E-state index contributed by atoms with van der Waals surface area (Å²) in [7, 11) is 2.69. The number of aromatic hydroxyl groups is 1. The molecule has 0 saturated heterocycles. The minimum absolute atomic E-state index is 0.0753. The van der Waals surface area contributed by atoms with Crippen LogP contribution in [0.1, 0.15) is 31.1 Å². The topological polar surface area (TPSA) is 142 Å². The van der Waals surface area contributed by atoms with Crippen molar-refractivity contribution >= 4 is 35.0 Å². The highest BCUT2D eigenvalue weighted by molar-refractivity contribution is 7.94. The van der Waals surface area contributed by atoms with Gasteiger partial charge in [-0.15, -0.1) is 0 Å². The summed E-state index contributed by atoms with van der Waals surface area (Å²) in [4.78, 5) is 49.2. The molecule has 2 aromatic heterocycles. The van der Waals surface area contributed by atoms with Crippen LogP contribution in [0.15, 0.2) is 16.1 Å². The molecule has 0 spiro atoms. The van der Waals surface area contributed by atoms with Crippen LogP contribution in [-0.4, -0.2) is 50.8 Å². The Kier molecular flexibility index (Phi) is 6.59. The molecule has 152 valence electrons. The van der Waals surface area contributed by atoms with Gasteiger partial charge in [-0.25, -0.2) is 14.9 Å². The summed E-state index contributed by atoms with van der Waals surface area (Å²) >= 11 is 0.710. The Morgan fingerprint density at radius 1 is 1.36 bits per heavy atom. The summed E-state index contributed by atoms with van der Waals surface area (Å²) in [5, 5.41) is 12.9. The van der Waals surface area contributed by atoms with Gasteiger partial charge in [0.1, 0.15) is 35.5 Å². The van der Waals surface area contributed by atoms with E-state index in [1.54, 1.807) is 20.8 Å². The molecule has 28 heavy (non-hydrogen) atoms. The molecule has 1 amide bonds. The lowest BCUT2D eigenvalue weighted by molar-refractivity contribution is -0.160. The number of fused-ring (bicyclic) bond motifs is 1. The fourth-order valence-electron chi connectivity index (χ4n) is 2.21. The van der Waals surface area contributed by atoms with Gasteiger partial charge in [0.25, 0.3) is 11.5 Å². The molecule has 0 saturated carbocycles. The minimum atomic E-state index is -0.924. The van der Waals surface area contributed by atoms with E-state index in [1.807, 2.05) is 0 Å². The van der Waals surface area contributed by atoms with E-state index in [0.717, 1.165) is 4.57 Å². The smallest absolute Gasteiger partial charge is 0.325 e. The fraction of sp³-hybridized carbons (Fsp3) is 0.438. The second-order valence-electron chi connectivity index (χ2n) is 6.56. The average Bonchev–Trinajstić information content (AvgIpc) is 2.61. The second-order valence-corrected chi connectivity index (χ2v) is 7.23. The van der Waals surface area contributed by atoms with Crippen molar-refractivity contribution in [1.82, 2.24) is 19.9 Å². The third-order valence-electron chi connectivity index (χ3n) is 3.29. The molecule has 11 nitrogen and oxygen atoms in total. The quantitative estimate of drug-likeness (QED) is 0.229. The Balaban J connectivity index is 2.33. The van der Waals surface area contributed by atoms with E-state index in [9.17, 15) is 19.5 Å². The van der Waals surface area contributed by atoms with Crippen LogP contribution in [0.4, 0.5) is 0 Å². The molecule has 0 aliphatic carbocycles. The molecule has 2 aromatic rings. The third-order valence-corrected chi connectivity index (χ3v) is 3.84. The van der Waals surface area contributed by atoms with Crippen LogP contribution in [0.3, 0.4) is 0 Å². The fourth-order valence-corrected chi connectivity index (χ4v) is 2.56. The standard InChI is InChI=1S/C16H20N4O7S/c1-16(2,3)26-9(21)7-17-13(23)10-11(22)8-6-18-15(28-27-25-5)19-12(8)20(4)14(10)24/h6,22H,7H2,1-5H3,(H,17,23). The first-order valence-electron chi connectivity index (χ1n) is 8.01. The number of aryl methyl sites for hydroxylation is 1. The number of amides is 1. The van der Waals surface area contributed by atoms with E-state index in [4.69, 9.17) is 4.74 Å². The predicted molar refractivity (Wildman–Crippen MR) is 98.6 cm³/mol. The normalized spacial score (nSPS) is 11.5. The monoisotopic (exact) mass is 412 g/mol. The molecule has 12 heteroatoms. The van der Waals surface area contributed by atoms with E-state index < -0.39 is 40.9 Å². The number of hydrogen-bond donors (Lipinski definition) is 2. The van der Waals surface area contributed by atoms with Crippen molar-refractivity contribution in [3.8, 4) is 5.75 Å². The van der Waals surface area contributed by atoms with Crippen LogP contribution in [0, 0.1) is 0 Å². The summed E-state index contributed by atoms with van der Waals surface area (Å²) in [6.45, 7) is 4.59. The van der Waals surface area contributed by atoms with Crippen molar-refractivity contribution in [2.24, 2.45) is 7.05 Å². The zero-order valence-electron chi connectivity index (χ0n) is 15.9. The number of nitrogens with zero attached hydrogens (tertiary/aromatic N) is 3. The lowest BCUT2D eigenvalue weighted by Crippen LogP contribution is -2.37. The van der Waals surface area contributed by atoms with E-state index >= 15 is 0 Å². The number of pyridine rings is 1. The van der Waals surface area contributed by atoms with E-state index in [-0.39, 0.29) is 16.2 Å². The van der Waals surface area contributed by atoms with Gasteiger partial charge in [0.2, 0.25) is 5.16 Å². The summed E-state index contributed by atoms with van der Waals surface area (Å²) in [5.41, 5.74) is -1.96. The molecule has 2 heterocycles.